The largest absolute Gasteiger partial charge is 0.480 e. The Morgan fingerprint density at radius 2 is 1.42 bits per heavy atom. The molecule has 0 saturated heterocycles. The molecule has 4 nitrogen and oxygen atoms in total. The molecule has 0 aliphatic heterocycles. The number of carbonyl (C=O) groups excluding carboxylic acids is 1. The summed E-state index contributed by atoms with van der Waals surface area (Å²) in [5.74, 6) is -0.828. The molecule has 0 fully saturated rings. The first-order chi connectivity index (χ1) is 10.5. The molecule has 0 heterocycles. The van der Waals surface area contributed by atoms with E-state index >= 15 is 0 Å². The molecule has 0 aliphatic rings. The summed E-state index contributed by atoms with van der Waals surface area (Å²) >= 11 is 5.64. The first-order valence-electron chi connectivity index (χ1n) is 7.95. The summed E-state index contributed by atoms with van der Waals surface area (Å²) in [5.41, 5.74) is -0.760. The van der Waals surface area contributed by atoms with Crippen molar-refractivity contribution in [1.29, 1.82) is 0 Å². The average molecular weight is 583 g/mol. The number of carboxylic acid groups (broad SMARTS) is 1. The van der Waals surface area contributed by atoms with E-state index in [4.69, 9.17) is 0 Å². The number of carbonyl (C=O) groups is 2. The van der Waals surface area contributed by atoms with Crippen molar-refractivity contribution < 1.29 is 14.7 Å². The summed E-state index contributed by atoms with van der Waals surface area (Å²) in [4.78, 5) is 23.3. The molecule has 0 aromatic carbocycles. The summed E-state index contributed by atoms with van der Waals surface area (Å²) in [6.07, 6.45) is 1.53. The Bertz CT molecular complexity index is 476. The van der Waals surface area contributed by atoms with Gasteiger partial charge in [-0.25, -0.2) is 3.53 Å². The topological polar surface area (TPSA) is 66.4 Å². The third-order valence-electron chi connectivity index (χ3n) is 3.97. The lowest BCUT2D eigenvalue weighted by Crippen LogP contribution is -2.47. The molecule has 0 amide bonds. The molecule has 0 aromatic heterocycles. The Morgan fingerprint density at radius 1 is 1.00 bits per heavy atom. The van der Waals surface area contributed by atoms with E-state index in [1.165, 1.54) is 0 Å². The van der Waals surface area contributed by atoms with Crippen molar-refractivity contribution in [1.82, 2.24) is 3.53 Å². The van der Waals surface area contributed by atoms with Crippen LogP contribution < -0.4 is 3.53 Å². The van der Waals surface area contributed by atoms with E-state index in [9.17, 15) is 14.7 Å². The molecule has 0 spiro atoms. The molecule has 1 unspecified atom stereocenters. The van der Waals surface area contributed by atoms with Gasteiger partial charge < -0.3 is 5.11 Å². The van der Waals surface area contributed by atoms with Gasteiger partial charge in [0.25, 0.3) is 0 Å². The highest BCUT2D eigenvalue weighted by molar-refractivity contribution is 14.1. The molecule has 142 valence electrons. The van der Waals surface area contributed by atoms with Crippen molar-refractivity contribution in [2.75, 3.05) is 0 Å². The fraction of sp³-hybridized carbons (Fsp3) is 0.882. The van der Waals surface area contributed by atoms with Gasteiger partial charge in [-0.15, -0.1) is 11.8 Å². The summed E-state index contributed by atoms with van der Waals surface area (Å²) in [7, 11) is 0. The SMILES string of the molecule is CC(C)(CC(C)(C)C(=O)I)SC(C)(C)CC(C)(C)C(NI)C(=O)O. The number of nitrogens with one attached hydrogen (secondary N) is 1. The molecule has 0 aromatic rings. The maximum atomic E-state index is 11.8. The van der Waals surface area contributed by atoms with Gasteiger partial charge in [-0.05, 0) is 18.3 Å². The quantitative estimate of drug-likeness (QED) is 0.203. The lowest BCUT2D eigenvalue weighted by molar-refractivity contribution is -0.141. The Balaban J connectivity index is 5.19. The number of hydrogen-bond donors (Lipinski definition) is 2. The van der Waals surface area contributed by atoms with Gasteiger partial charge >= 0.3 is 5.97 Å². The first kappa shape index (κ1) is 24.9. The van der Waals surface area contributed by atoms with E-state index in [2.05, 4.69) is 31.2 Å². The second kappa shape index (κ2) is 8.73. The van der Waals surface area contributed by atoms with Crippen molar-refractivity contribution in [3.63, 3.8) is 0 Å². The molecule has 0 radical (unpaired) electrons. The highest BCUT2D eigenvalue weighted by Crippen LogP contribution is 2.48. The highest BCUT2D eigenvalue weighted by Gasteiger charge is 2.42. The van der Waals surface area contributed by atoms with Crippen LogP contribution >= 0.6 is 57.2 Å². The van der Waals surface area contributed by atoms with Crippen molar-refractivity contribution in [2.24, 2.45) is 10.8 Å². The first-order valence-corrected chi connectivity index (χ1v) is 10.9. The zero-order valence-corrected chi connectivity index (χ0v) is 21.1. The van der Waals surface area contributed by atoms with E-state index < -0.39 is 17.4 Å². The summed E-state index contributed by atoms with van der Waals surface area (Å²) in [6.45, 7) is 16.6. The van der Waals surface area contributed by atoms with E-state index in [1.807, 2.05) is 84.9 Å². The van der Waals surface area contributed by atoms with Gasteiger partial charge in [0.2, 0.25) is 0 Å². The Hall–Kier alpha value is 0.910. The Labute approximate surface area is 178 Å². The van der Waals surface area contributed by atoms with Gasteiger partial charge in [0.1, 0.15) is 6.04 Å². The van der Waals surface area contributed by atoms with E-state index in [1.54, 1.807) is 0 Å². The number of hydrogen-bond acceptors (Lipinski definition) is 4. The van der Waals surface area contributed by atoms with E-state index in [0.717, 1.165) is 12.8 Å². The molecule has 1 atom stereocenters. The van der Waals surface area contributed by atoms with Crippen molar-refractivity contribution >= 4 is 67.0 Å². The van der Waals surface area contributed by atoms with Gasteiger partial charge in [-0.3, -0.25) is 9.59 Å². The van der Waals surface area contributed by atoms with Crippen LogP contribution in [0.5, 0.6) is 0 Å². The Kier molecular flexibility index (Phi) is 9.06. The Morgan fingerprint density at radius 3 is 1.75 bits per heavy atom. The zero-order valence-electron chi connectivity index (χ0n) is 15.9. The summed E-state index contributed by atoms with van der Waals surface area (Å²) in [6, 6.07) is -0.603. The number of halogens is 2. The smallest absolute Gasteiger partial charge is 0.321 e. The van der Waals surface area contributed by atoms with Gasteiger partial charge in [0.15, 0.2) is 3.79 Å². The van der Waals surface area contributed by atoms with Crippen molar-refractivity contribution in [3.8, 4) is 0 Å². The zero-order chi connectivity index (χ0) is 19.6. The summed E-state index contributed by atoms with van der Waals surface area (Å²) < 4.78 is 2.87. The number of rotatable bonds is 10. The summed E-state index contributed by atoms with van der Waals surface area (Å²) in [5, 5.41) is 9.44. The molecule has 7 heteroatoms. The number of thioether (sulfide) groups is 1. The van der Waals surface area contributed by atoms with E-state index in [-0.39, 0.29) is 18.7 Å². The van der Waals surface area contributed by atoms with Crippen LogP contribution in [0.1, 0.15) is 68.2 Å². The molecule has 24 heavy (non-hydrogen) atoms. The highest BCUT2D eigenvalue weighted by atomic mass is 127. The van der Waals surface area contributed by atoms with Crippen LogP contribution in [0, 0.1) is 10.8 Å². The minimum Gasteiger partial charge on any atom is -0.480 e. The lowest BCUT2D eigenvalue weighted by Gasteiger charge is -2.43. The molecular formula is C17H31I2NO3S. The fourth-order valence-electron chi connectivity index (χ4n) is 3.68. The minimum absolute atomic E-state index is 0.0830. The van der Waals surface area contributed by atoms with Crippen LogP contribution in [0.25, 0.3) is 0 Å². The third kappa shape index (κ3) is 8.07. The number of aliphatic carboxylic acids is 1. The van der Waals surface area contributed by atoms with Crippen LogP contribution in [0.4, 0.5) is 0 Å². The number of carboxylic acids is 1. The predicted octanol–water partition coefficient (Wildman–Crippen LogP) is 5.46. The average Bonchev–Trinajstić information content (AvgIpc) is 2.22. The van der Waals surface area contributed by atoms with Crippen LogP contribution in [0.3, 0.4) is 0 Å². The fourth-order valence-corrected chi connectivity index (χ4v) is 7.36. The van der Waals surface area contributed by atoms with E-state index in [0.29, 0.717) is 0 Å². The molecule has 0 rings (SSSR count). The second-order valence-corrected chi connectivity index (χ2v) is 13.0. The lowest BCUT2D eigenvalue weighted by atomic mass is 9.77. The van der Waals surface area contributed by atoms with Crippen LogP contribution in [0.15, 0.2) is 0 Å². The predicted molar refractivity (Wildman–Crippen MR) is 120 cm³/mol. The minimum atomic E-state index is -0.828. The van der Waals surface area contributed by atoms with Crippen LogP contribution in [-0.4, -0.2) is 30.4 Å². The molecular weight excluding hydrogens is 552 g/mol. The normalized spacial score (nSPS) is 15.2. The molecule has 0 bridgehead atoms. The monoisotopic (exact) mass is 583 g/mol. The maximum Gasteiger partial charge on any atom is 0.321 e. The van der Waals surface area contributed by atoms with Crippen LogP contribution in [0.2, 0.25) is 0 Å². The molecule has 2 N–H and O–H groups in total. The van der Waals surface area contributed by atoms with Gasteiger partial charge in [0.05, 0.1) is 0 Å². The van der Waals surface area contributed by atoms with Crippen molar-refractivity contribution in [3.05, 3.63) is 0 Å². The van der Waals surface area contributed by atoms with Crippen molar-refractivity contribution in [2.45, 2.75) is 83.8 Å². The second-order valence-electron chi connectivity index (χ2n) is 9.00. The standard InChI is InChI=1S/C17H31I2NO3S/c1-14(2,11(20-19)12(21)22)9-16(5,6)24-17(7,8)10-15(3,4)13(18)23/h11,20H,9-10H2,1-8H3,(H,21,22). The maximum absolute atomic E-state index is 11.8. The third-order valence-corrected chi connectivity index (χ3v) is 7.45. The van der Waals surface area contributed by atoms with Gasteiger partial charge in [-0.1, -0.05) is 55.4 Å². The molecule has 0 saturated carbocycles. The molecule has 0 aliphatic carbocycles. The van der Waals surface area contributed by atoms with Gasteiger partial charge in [0, 0.05) is 60.4 Å². The van der Waals surface area contributed by atoms with Crippen LogP contribution in [-0.2, 0) is 9.59 Å². The van der Waals surface area contributed by atoms with Gasteiger partial charge in [-0.2, -0.15) is 0 Å².